The number of cyclic esters (lactones) is 1. The molecule has 6 nitrogen and oxygen atoms in total. The Morgan fingerprint density at radius 3 is 2.80 bits per heavy atom. The molecule has 1 amide bonds. The summed E-state index contributed by atoms with van der Waals surface area (Å²) in [4.78, 5) is 29.3. The number of nitrogens with zero attached hydrogens (tertiary/aromatic N) is 1. The number of aromatic nitrogens is 1. The van der Waals surface area contributed by atoms with Crippen LogP contribution >= 0.6 is 0 Å². The highest BCUT2D eigenvalue weighted by atomic mass is 16.5. The lowest BCUT2D eigenvalue weighted by atomic mass is 9.93. The van der Waals surface area contributed by atoms with Crippen LogP contribution in [0.25, 0.3) is 0 Å². The molecular formula is C24H22N2O4. The van der Waals surface area contributed by atoms with E-state index in [1.807, 2.05) is 43.3 Å². The Morgan fingerprint density at radius 2 is 2.00 bits per heavy atom. The van der Waals surface area contributed by atoms with Crippen LogP contribution in [0.3, 0.4) is 0 Å². The Bertz CT molecular complexity index is 1070. The van der Waals surface area contributed by atoms with Crippen LogP contribution in [-0.4, -0.2) is 23.5 Å². The van der Waals surface area contributed by atoms with Gasteiger partial charge in [-0.1, -0.05) is 36.4 Å². The quantitative estimate of drug-likeness (QED) is 0.634. The minimum atomic E-state index is -0.367. The Balaban J connectivity index is 1.50. The highest BCUT2D eigenvalue weighted by molar-refractivity contribution is 5.97. The van der Waals surface area contributed by atoms with Crippen LogP contribution in [0.1, 0.15) is 50.4 Å². The average molecular weight is 402 g/mol. The van der Waals surface area contributed by atoms with Crippen LogP contribution < -0.4 is 10.1 Å². The first-order valence-electron chi connectivity index (χ1n) is 9.89. The number of nitrogens with one attached hydrogen (secondary N) is 1. The van der Waals surface area contributed by atoms with Crippen molar-refractivity contribution in [1.82, 2.24) is 10.3 Å². The molecule has 2 aromatic carbocycles. The third kappa shape index (κ3) is 4.17. The number of esters is 1. The standard InChI is InChI=1S/C24H22N2O4/c1-2-29-23-18(9-6-12-25-23)15-26-22(27)17-10-11-20-19(13-17)14-21(30-24(20)28)16-7-4-3-5-8-16/h3-13,21H,2,14-15H2,1H3,(H,26,27)/t21-/m0/s1. The van der Waals surface area contributed by atoms with Gasteiger partial charge in [-0.15, -0.1) is 0 Å². The Kier molecular flexibility index (Phi) is 5.75. The van der Waals surface area contributed by atoms with Crippen molar-refractivity contribution in [3.8, 4) is 5.88 Å². The fourth-order valence-corrected chi connectivity index (χ4v) is 3.49. The predicted molar refractivity (Wildman–Crippen MR) is 111 cm³/mol. The summed E-state index contributed by atoms with van der Waals surface area (Å²) >= 11 is 0. The van der Waals surface area contributed by atoms with Crippen LogP contribution in [0.15, 0.2) is 66.9 Å². The van der Waals surface area contributed by atoms with Gasteiger partial charge in [-0.2, -0.15) is 0 Å². The number of pyridine rings is 1. The van der Waals surface area contributed by atoms with E-state index >= 15 is 0 Å². The molecule has 1 aromatic heterocycles. The topological polar surface area (TPSA) is 77.5 Å². The van der Waals surface area contributed by atoms with Gasteiger partial charge in [0.15, 0.2) is 0 Å². The summed E-state index contributed by atoms with van der Waals surface area (Å²) in [5, 5.41) is 2.90. The van der Waals surface area contributed by atoms with E-state index in [0.717, 1.165) is 16.7 Å². The van der Waals surface area contributed by atoms with Crippen LogP contribution in [0.4, 0.5) is 0 Å². The number of benzene rings is 2. The second kappa shape index (κ2) is 8.78. The van der Waals surface area contributed by atoms with E-state index in [-0.39, 0.29) is 18.0 Å². The molecule has 0 radical (unpaired) electrons. The van der Waals surface area contributed by atoms with Gasteiger partial charge in [0.1, 0.15) is 6.10 Å². The zero-order valence-electron chi connectivity index (χ0n) is 16.6. The van der Waals surface area contributed by atoms with Gasteiger partial charge in [0.05, 0.1) is 12.2 Å². The molecule has 0 spiro atoms. The molecule has 2 heterocycles. The molecule has 1 aliphatic rings. The number of fused-ring (bicyclic) bond motifs is 1. The van der Waals surface area contributed by atoms with Gasteiger partial charge >= 0.3 is 5.97 Å². The molecule has 1 atom stereocenters. The Hall–Kier alpha value is -3.67. The number of carbonyl (C=O) groups excluding carboxylic acids is 2. The summed E-state index contributed by atoms with van der Waals surface area (Å²) in [6, 6.07) is 18.4. The maximum atomic E-state index is 12.7. The van der Waals surface area contributed by atoms with Gasteiger partial charge in [-0.05, 0) is 42.3 Å². The summed E-state index contributed by atoms with van der Waals surface area (Å²) in [6.07, 6.45) is 1.83. The second-order valence-electron chi connectivity index (χ2n) is 6.96. The van der Waals surface area contributed by atoms with E-state index in [0.29, 0.717) is 36.6 Å². The molecule has 0 saturated carbocycles. The first kappa shape index (κ1) is 19.6. The van der Waals surface area contributed by atoms with Crippen molar-refractivity contribution in [3.63, 3.8) is 0 Å². The number of carbonyl (C=O) groups is 2. The molecule has 0 fully saturated rings. The van der Waals surface area contributed by atoms with Gasteiger partial charge < -0.3 is 14.8 Å². The summed E-state index contributed by atoms with van der Waals surface area (Å²) in [5.41, 5.74) is 3.55. The van der Waals surface area contributed by atoms with E-state index in [9.17, 15) is 9.59 Å². The molecule has 4 rings (SSSR count). The lowest BCUT2D eigenvalue weighted by Crippen LogP contribution is -2.25. The largest absolute Gasteiger partial charge is 0.478 e. The van der Waals surface area contributed by atoms with Gasteiger partial charge in [-0.25, -0.2) is 9.78 Å². The first-order chi connectivity index (χ1) is 14.7. The molecule has 3 aromatic rings. The fraction of sp³-hybridized carbons (Fsp3) is 0.208. The molecule has 1 aliphatic heterocycles. The highest BCUT2D eigenvalue weighted by Gasteiger charge is 2.28. The first-order valence-corrected chi connectivity index (χ1v) is 9.89. The molecule has 0 unspecified atom stereocenters. The number of rotatable bonds is 6. The number of amides is 1. The Labute approximate surface area is 174 Å². The minimum absolute atomic E-state index is 0.223. The van der Waals surface area contributed by atoms with Gasteiger partial charge in [0, 0.05) is 30.3 Å². The van der Waals surface area contributed by atoms with E-state index in [1.165, 1.54) is 0 Å². The molecule has 152 valence electrons. The van der Waals surface area contributed by atoms with Crippen molar-refractivity contribution in [3.05, 3.63) is 94.7 Å². The summed E-state index contributed by atoms with van der Waals surface area (Å²) in [5.74, 6) is -0.0766. The summed E-state index contributed by atoms with van der Waals surface area (Å²) in [7, 11) is 0. The lowest BCUT2D eigenvalue weighted by molar-refractivity contribution is 0.0252. The van der Waals surface area contributed by atoms with Crippen molar-refractivity contribution >= 4 is 11.9 Å². The molecule has 1 N–H and O–H groups in total. The maximum Gasteiger partial charge on any atom is 0.339 e. The number of hydrogen-bond acceptors (Lipinski definition) is 5. The molecule has 0 saturated heterocycles. The van der Waals surface area contributed by atoms with Gasteiger partial charge in [0.25, 0.3) is 5.91 Å². The van der Waals surface area contributed by atoms with Crippen molar-refractivity contribution in [2.45, 2.75) is 26.0 Å². The van der Waals surface area contributed by atoms with Crippen molar-refractivity contribution in [1.29, 1.82) is 0 Å². The van der Waals surface area contributed by atoms with Crippen molar-refractivity contribution < 1.29 is 19.1 Å². The zero-order chi connectivity index (χ0) is 20.9. The maximum absolute atomic E-state index is 12.7. The molecule has 6 heteroatoms. The van der Waals surface area contributed by atoms with Crippen LogP contribution in [0.5, 0.6) is 5.88 Å². The lowest BCUT2D eigenvalue weighted by Gasteiger charge is -2.25. The molecule has 0 bridgehead atoms. The number of hydrogen-bond donors (Lipinski definition) is 1. The summed E-state index contributed by atoms with van der Waals surface area (Å²) < 4.78 is 11.1. The Morgan fingerprint density at radius 1 is 1.17 bits per heavy atom. The SMILES string of the molecule is CCOc1ncccc1CNC(=O)c1ccc2c(c1)C[C@@H](c1ccccc1)OC2=O. The summed E-state index contributed by atoms with van der Waals surface area (Å²) in [6.45, 7) is 2.69. The predicted octanol–water partition coefficient (Wildman–Crippen LogP) is 3.86. The van der Waals surface area contributed by atoms with E-state index in [1.54, 1.807) is 30.5 Å². The molecule has 30 heavy (non-hydrogen) atoms. The van der Waals surface area contributed by atoms with Crippen LogP contribution in [0, 0.1) is 0 Å². The van der Waals surface area contributed by atoms with E-state index in [2.05, 4.69) is 10.3 Å². The normalized spacial score (nSPS) is 15.1. The molecular weight excluding hydrogens is 380 g/mol. The number of ether oxygens (including phenoxy) is 2. The second-order valence-corrected chi connectivity index (χ2v) is 6.96. The third-order valence-electron chi connectivity index (χ3n) is 4.98. The zero-order valence-corrected chi connectivity index (χ0v) is 16.6. The van der Waals surface area contributed by atoms with E-state index < -0.39 is 0 Å². The highest BCUT2D eigenvalue weighted by Crippen LogP contribution is 2.31. The van der Waals surface area contributed by atoms with Crippen LogP contribution in [0.2, 0.25) is 0 Å². The minimum Gasteiger partial charge on any atom is -0.478 e. The average Bonchev–Trinajstić information content (AvgIpc) is 2.78. The van der Waals surface area contributed by atoms with Crippen molar-refractivity contribution in [2.24, 2.45) is 0 Å². The van der Waals surface area contributed by atoms with Gasteiger partial charge in [-0.3, -0.25) is 4.79 Å². The van der Waals surface area contributed by atoms with Crippen molar-refractivity contribution in [2.75, 3.05) is 6.61 Å². The fourth-order valence-electron chi connectivity index (χ4n) is 3.49. The van der Waals surface area contributed by atoms with E-state index in [4.69, 9.17) is 9.47 Å². The third-order valence-corrected chi connectivity index (χ3v) is 4.98. The monoisotopic (exact) mass is 402 g/mol. The smallest absolute Gasteiger partial charge is 0.339 e. The molecule has 0 aliphatic carbocycles. The van der Waals surface area contributed by atoms with Crippen LogP contribution in [-0.2, 0) is 17.7 Å². The van der Waals surface area contributed by atoms with Gasteiger partial charge in [0.2, 0.25) is 5.88 Å².